The predicted octanol–water partition coefficient (Wildman–Crippen LogP) is 1.97. The monoisotopic (exact) mass is 252 g/mol. The van der Waals surface area contributed by atoms with Gasteiger partial charge in [-0.1, -0.05) is 13.3 Å². The van der Waals surface area contributed by atoms with Crippen LogP contribution in [0, 0.1) is 0 Å². The van der Waals surface area contributed by atoms with E-state index in [4.69, 9.17) is 4.74 Å². The fourth-order valence-electron chi connectivity index (χ4n) is 0.944. The van der Waals surface area contributed by atoms with Gasteiger partial charge in [-0.2, -0.15) is 13.2 Å². The lowest BCUT2D eigenvalue weighted by Gasteiger charge is -2.01. The van der Waals surface area contributed by atoms with Crippen LogP contribution in [0.3, 0.4) is 0 Å². The third kappa shape index (κ3) is 4.41. The van der Waals surface area contributed by atoms with Crippen LogP contribution < -0.4 is 0 Å². The molecule has 1 aromatic heterocycles. The van der Waals surface area contributed by atoms with Gasteiger partial charge in [-0.25, -0.2) is 0 Å². The lowest BCUT2D eigenvalue weighted by atomic mass is 10.3. The highest BCUT2D eigenvalue weighted by molar-refractivity contribution is 5.71. The van der Waals surface area contributed by atoms with Crippen LogP contribution in [-0.2, 0) is 22.1 Å². The average Bonchev–Trinajstić information content (AvgIpc) is 2.66. The zero-order chi connectivity index (χ0) is 12.9. The van der Waals surface area contributed by atoms with E-state index in [0.29, 0.717) is 6.42 Å². The molecular formula is C9H11F3N2O3. The van der Waals surface area contributed by atoms with Gasteiger partial charge in [-0.3, -0.25) is 4.79 Å². The minimum absolute atomic E-state index is 0.232. The first-order valence-electron chi connectivity index (χ1n) is 4.98. The fourth-order valence-corrected chi connectivity index (χ4v) is 0.944. The van der Waals surface area contributed by atoms with Crippen molar-refractivity contribution in [1.29, 1.82) is 0 Å². The van der Waals surface area contributed by atoms with E-state index in [2.05, 4.69) is 14.6 Å². The summed E-state index contributed by atoms with van der Waals surface area (Å²) < 4.78 is 45.2. The van der Waals surface area contributed by atoms with Gasteiger partial charge in [0, 0.05) is 0 Å². The van der Waals surface area contributed by atoms with Crippen LogP contribution in [0.1, 0.15) is 31.5 Å². The number of halogens is 3. The summed E-state index contributed by atoms with van der Waals surface area (Å²) in [6.07, 6.45) is -3.60. The Morgan fingerprint density at radius 1 is 1.41 bits per heavy atom. The SMILES string of the molecule is CCCCOC(=O)Cc1nnc(C(F)(F)F)o1. The second kappa shape index (κ2) is 5.65. The van der Waals surface area contributed by atoms with E-state index in [9.17, 15) is 18.0 Å². The maximum atomic E-state index is 12.1. The molecule has 0 N–H and O–H groups in total. The van der Waals surface area contributed by atoms with Gasteiger partial charge in [-0.05, 0) is 6.42 Å². The summed E-state index contributed by atoms with van der Waals surface area (Å²) in [7, 11) is 0. The normalized spacial score (nSPS) is 11.5. The number of unbranched alkanes of at least 4 members (excludes halogenated alkanes) is 1. The molecule has 8 heteroatoms. The fraction of sp³-hybridized carbons (Fsp3) is 0.667. The van der Waals surface area contributed by atoms with E-state index < -0.39 is 30.3 Å². The van der Waals surface area contributed by atoms with E-state index >= 15 is 0 Å². The van der Waals surface area contributed by atoms with E-state index in [1.165, 1.54) is 0 Å². The van der Waals surface area contributed by atoms with Crippen molar-refractivity contribution in [1.82, 2.24) is 10.2 Å². The predicted molar refractivity (Wildman–Crippen MR) is 48.9 cm³/mol. The molecule has 17 heavy (non-hydrogen) atoms. The van der Waals surface area contributed by atoms with Gasteiger partial charge in [0.1, 0.15) is 6.42 Å². The van der Waals surface area contributed by atoms with Crippen molar-refractivity contribution in [3.63, 3.8) is 0 Å². The summed E-state index contributed by atoms with van der Waals surface area (Å²) >= 11 is 0. The highest BCUT2D eigenvalue weighted by Crippen LogP contribution is 2.27. The summed E-state index contributed by atoms with van der Waals surface area (Å²) in [4.78, 5) is 11.1. The molecule has 0 bridgehead atoms. The Kier molecular flexibility index (Phi) is 4.47. The summed E-state index contributed by atoms with van der Waals surface area (Å²) in [5, 5.41) is 5.90. The molecule has 1 heterocycles. The molecule has 0 aliphatic carbocycles. The lowest BCUT2D eigenvalue weighted by molar-refractivity contribution is -0.158. The second-order valence-electron chi connectivity index (χ2n) is 3.25. The van der Waals surface area contributed by atoms with Gasteiger partial charge in [0.05, 0.1) is 6.61 Å². The molecule has 0 aliphatic rings. The van der Waals surface area contributed by atoms with Crippen molar-refractivity contribution < 1.29 is 27.1 Å². The maximum absolute atomic E-state index is 12.1. The first-order valence-corrected chi connectivity index (χ1v) is 4.98. The minimum atomic E-state index is -4.70. The number of carbonyl (C=O) groups excluding carboxylic acids is 1. The third-order valence-corrected chi connectivity index (χ3v) is 1.77. The standard InChI is InChI=1S/C9H11F3N2O3/c1-2-3-4-16-7(15)5-6-13-14-8(17-6)9(10,11)12/h2-5H2,1H3. The Morgan fingerprint density at radius 2 is 2.12 bits per heavy atom. The molecule has 1 rings (SSSR count). The van der Waals surface area contributed by atoms with Crippen molar-refractivity contribution in [3.8, 4) is 0 Å². The number of ether oxygens (including phenoxy) is 1. The minimum Gasteiger partial charge on any atom is -0.465 e. The van der Waals surface area contributed by atoms with Gasteiger partial charge in [-0.15, -0.1) is 10.2 Å². The van der Waals surface area contributed by atoms with Crippen LogP contribution in [0.2, 0.25) is 0 Å². The smallest absolute Gasteiger partial charge is 0.465 e. The zero-order valence-electron chi connectivity index (χ0n) is 9.08. The van der Waals surface area contributed by atoms with Crippen LogP contribution in [0.15, 0.2) is 4.42 Å². The number of rotatable bonds is 5. The van der Waals surface area contributed by atoms with Crippen molar-refractivity contribution >= 4 is 5.97 Å². The topological polar surface area (TPSA) is 65.2 Å². The Hall–Kier alpha value is -1.60. The number of nitrogens with zero attached hydrogens (tertiary/aromatic N) is 2. The quantitative estimate of drug-likeness (QED) is 0.592. The Balaban J connectivity index is 2.46. The molecule has 96 valence electrons. The van der Waals surface area contributed by atoms with E-state index in [1.54, 1.807) is 0 Å². The highest BCUT2D eigenvalue weighted by atomic mass is 19.4. The molecule has 0 amide bonds. The van der Waals surface area contributed by atoms with Gasteiger partial charge in [0.25, 0.3) is 0 Å². The first kappa shape index (κ1) is 13.5. The first-order chi connectivity index (χ1) is 7.93. The molecule has 0 spiro atoms. The molecule has 0 aliphatic heterocycles. The Morgan fingerprint density at radius 3 is 2.65 bits per heavy atom. The van der Waals surface area contributed by atoms with Crippen molar-refractivity contribution in [2.75, 3.05) is 6.61 Å². The molecule has 0 unspecified atom stereocenters. The van der Waals surface area contributed by atoms with Gasteiger partial charge < -0.3 is 9.15 Å². The maximum Gasteiger partial charge on any atom is 0.470 e. The Labute approximate surface area is 95.0 Å². The molecule has 0 saturated heterocycles. The zero-order valence-corrected chi connectivity index (χ0v) is 9.08. The van der Waals surface area contributed by atoms with Crippen LogP contribution in [0.4, 0.5) is 13.2 Å². The van der Waals surface area contributed by atoms with Gasteiger partial charge in [0.15, 0.2) is 0 Å². The molecule has 0 aromatic carbocycles. The van der Waals surface area contributed by atoms with Gasteiger partial charge >= 0.3 is 18.0 Å². The van der Waals surface area contributed by atoms with Crippen LogP contribution >= 0.6 is 0 Å². The number of aromatic nitrogens is 2. The Bertz CT molecular complexity index is 376. The molecule has 5 nitrogen and oxygen atoms in total. The summed E-state index contributed by atoms with van der Waals surface area (Å²) in [6, 6.07) is 0. The molecular weight excluding hydrogens is 241 g/mol. The average molecular weight is 252 g/mol. The van der Waals surface area contributed by atoms with Crippen LogP contribution in [0.5, 0.6) is 0 Å². The summed E-state index contributed by atoms with van der Waals surface area (Å²) in [6.45, 7) is 2.15. The highest BCUT2D eigenvalue weighted by Gasteiger charge is 2.38. The van der Waals surface area contributed by atoms with Crippen molar-refractivity contribution in [2.45, 2.75) is 32.4 Å². The molecule has 0 fully saturated rings. The molecule has 0 saturated carbocycles. The number of alkyl halides is 3. The summed E-state index contributed by atoms with van der Waals surface area (Å²) in [5.41, 5.74) is 0. The number of esters is 1. The molecule has 0 radical (unpaired) electrons. The van der Waals surface area contributed by atoms with Crippen LogP contribution in [-0.4, -0.2) is 22.8 Å². The van der Waals surface area contributed by atoms with Gasteiger partial charge in [0.2, 0.25) is 5.89 Å². The van der Waals surface area contributed by atoms with E-state index in [-0.39, 0.29) is 6.61 Å². The van der Waals surface area contributed by atoms with E-state index in [0.717, 1.165) is 6.42 Å². The van der Waals surface area contributed by atoms with E-state index in [1.807, 2.05) is 6.92 Å². The molecule has 0 atom stereocenters. The van der Waals surface area contributed by atoms with Crippen molar-refractivity contribution in [3.05, 3.63) is 11.8 Å². The second-order valence-corrected chi connectivity index (χ2v) is 3.25. The number of hydrogen-bond acceptors (Lipinski definition) is 5. The number of carbonyl (C=O) groups is 1. The lowest BCUT2D eigenvalue weighted by Crippen LogP contribution is -2.09. The third-order valence-electron chi connectivity index (χ3n) is 1.77. The van der Waals surface area contributed by atoms with Crippen LogP contribution in [0.25, 0.3) is 0 Å². The molecule has 1 aromatic rings. The largest absolute Gasteiger partial charge is 0.470 e. The summed E-state index contributed by atoms with van der Waals surface area (Å²) in [5.74, 6) is -2.55. The number of hydrogen-bond donors (Lipinski definition) is 0. The van der Waals surface area contributed by atoms with Crippen molar-refractivity contribution in [2.24, 2.45) is 0 Å².